The van der Waals surface area contributed by atoms with Gasteiger partial charge in [0, 0.05) is 28.6 Å². The Labute approximate surface area is 126 Å². The molecule has 0 amide bonds. The summed E-state index contributed by atoms with van der Waals surface area (Å²) in [5, 5.41) is 20.3. The second-order valence-electron chi connectivity index (χ2n) is 3.88. The summed E-state index contributed by atoms with van der Waals surface area (Å²) < 4.78 is 36.5. The Morgan fingerprint density at radius 3 is 2.45 bits per heavy atom. The molecule has 0 fully saturated rings. The second-order valence-corrected chi connectivity index (χ2v) is 4.80. The number of nitrogens with zero attached hydrogens (tertiary/aromatic N) is 1. The van der Waals surface area contributed by atoms with Gasteiger partial charge in [-0.05, 0) is 12.5 Å². The van der Waals surface area contributed by atoms with Gasteiger partial charge in [-0.25, -0.2) is 0 Å². The maximum Gasteiger partial charge on any atom is 0.389 e. The van der Waals surface area contributed by atoms with E-state index in [1.807, 2.05) is 0 Å². The summed E-state index contributed by atoms with van der Waals surface area (Å²) in [7, 11) is 0. The molecular formula is C10H11BrClF3N2O3. The average Bonchev–Trinajstić information content (AvgIpc) is 2.27. The van der Waals surface area contributed by atoms with Gasteiger partial charge in [0.2, 0.25) is 0 Å². The molecule has 0 aliphatic heterocycles. The molecule has 1 rings (SSSR count). The van der Waals surface area contributed by atoms with Crippen molar-refractivity contribution < 1.29 is 23.2 Å². The van der Waals surface area contributed by atoms with Gasteiger partial charge in [0.1, 0.15) is 0 Å². The predicted molar refractivity (Wildman–Crippen MR) is 71.9 cm³/mol. The molecule has 1 aromatic carbocycles. The number of phenolic OH excluding ortho intramolecular Hbond substituents is 1. The van der Waals surface area contributed by atoms with E-state index < -0.39 is 41.4 Å². The third kappa shape index (κ3) is 5.14. The van der Waals surface area contributed by atoms with E-state index >= 15 is 0 Å². The zero-order chi connectivity index (χ0) is 14.8. The van der Waals surface area contributed by atoms with Crippen LogP contribution in [-0.4, -0.2) is 16.2 Å². The zero-order valence-corrected chi connectivity index (χ0v) is 12.3. The number of nitrogens with two attached hydrogens (primary N) is 1. The van der Waals surface area contributed by atoms with Gasteiger partial charge in [0.15, 0.2) is 5.75 Å². The van der Waals surface area contributed by atoms with Crippen LogP contribution in [0, 0.1) is 10.1 Å². The maximum absolute atomic E-state index is 12.1. The lowest BCUT2D eigenvalue weighted by atomic mass is 10.0. The third-order valence-corrected chi connectivity index (χ3v) is 2.88. The molecule has 0 saturated heterocycles. The van der Waals surface area contributed by atoms with E-state index in [0.717, 1.165) is 6.07 Å². The highest BCUT2D eigenvalue weighted by atomic mass is 79.9. The van der Waals surface area contributed by atoms with Crippen LogP contribution in [-0.2, 0) is 0 Å². The van der Waals surface area contributed by atoms with Crippen molar-refractivity contribution in [1.29, 1.82) is 0 Å². The standard InChI is InChI=1S/C10H10BrF3N2O3.ClH/c11-5-3-6(7(15)1-2-10(12,13)14)9(17)8(4-5)16(18)19;/h3-4,7,17H,1-2,15H2;1H/t7-;/m0./s1. The Bertz CT molecular complexity index is 499. The first-order valence-corrected chi connectivity index (χ1v) is 5.90. The first-order chi connectivity index (χ1) is 8.61. The summed E-state index contributed by atoms with van der Waals surface area (Å²) in [6, 6.07) is 1.18. The highest BCUT2D eigenvalue weighted by Crippen LogP contribution is 2.38. The molecule has 1 aromatic rings. The molecule has 0 radical (unpaired) electrons. The Kier molecular flexibility index (Phi) is 6.72. The molecule has 0 aliphatic carbocycles. The van der Waals surface area contributed by atoms with Crippen LogP contribution in [0.4, 0.5) is 18.9 Å². The second kappa shape index (κ2) is 7.09. The van der Waals surface area contributed by atoms with Crippen LogP contribution < -0.4 is 5.73 Å². The maximum atomic E-state index is 12.1. The Morgan fingerprint density at radius 2 is 2.00 bits per heavy atom. The summed E-state index contributed by atoms with van der Waals surface area (Å²) >= 11 is 2.98. The number of alkyl halides is 3. The summed E-state index contributed by atoms with van der Waals surface area (Å²) in [5.41, 5.74) is 4.84. The molecule has 0 aliphatic rings. The van der Waals surface area contributed by atoms with Gasteiger partial charge in [-0.3, -0.25) is 10.1 Å². The van der Waals surface area contributed by atoms with Crippen LogP contribution in [0.15, 0.2) is 16.6 Å². The lowest BCUT2D eigenvalue weighted by Crippen LogP contribution is -2.16. The van der Waals surface area contributed by atoms with E-state index in [4.69, 9.17) is 5.73 Å². The quantitative estimate of drug-likeness (QED) is 0.614. The van der Waals surface area contributed by atoms with Gasteiger partial charge in [0.25, 0.3) is 0 Å². The van der Waals surface area contributed by atoms with Gasteiger partial charge in [-0.1, -0.05) is 15.9 Å². The highest BCUT2D eigenvalue weighted by molar-refractivity contribution is 9.10. The van der Waals surface area contributed by atoms with Crippen molar-refractivity contribution in [1.82, 2.24) is 0 Å². The van der Waals surface area contributed by atoms with E-state index in [0.29, 0.717) is 0 Å². The van der Waals surface area contributed by atoms with Gasteiger partial charge in [0.05, 0.1) is 4.92 Å². The van der Waals surface area contributed by atoms with E-state index in [1.165, 1.54) is 6.07 Å². The number of hydrogen-bond donors (Lipinski definition) is 2. The monoisotopic (exact) mass is 378 g/mol. The molecule has 1 atom stereocenters. The van der Waals surface area contributed by atoms with E-state index in [2.05, 4.69) is 15.9 Å². The SMILES string of the molecule is Cl.N[C@@H](CCC(F)(F)F)c1cc(Br)cc([N+](=O)[O-])c1O. The minimum atomic E-state index is -4.37. The first-order valence-electron chi connectivity index (χ1n) is 5.11. The van der Waals surface area contributed by atoms with Crippen LogP contribution >= 0.6 is 28.3 Å². The fourth-order valence-corrected chi connectivity index (χ4v) is 1.97. The Balaban J connectivity index is 0.00000361. The Morgan fingerprint density at radius 1 is 1.45 bits per heavy atom. The molecule has 0 aromatic heterocycles. The number of aromatic hydroxyl groups is 1. The first kappa shape index (κ1) is 18.9. The molecule has 114 valence electrons. The van der Waals surface area contributed by atoms with E-state index in [-0.39, 0.29) is 22.4 Å². The summed E-state index contributed by atoms with van der Waals surface area (Å²) in [6.45, 7) is 0. The molecule has 0 bridgehead atoms. The highest BCUT2D eigenvalue weighted by Gasteiger charge is 2.29. The van der Waals surface area contributed by atoms with Gasteiger partial charge in [-0.2, -0.15) is 13.2 Å². The molecular weight excluding hydrogens is 368 g/mol. The minimum Gasteiger partial charge on any atom is -0.502 e. The van der Waals surface area contributed by atoms with E-state index in [1.54, 1.807) is 0 Å². The molecule has 5 nitrogen and oxygen atoms in total. The largest absolute Gasteiger partial charge is 0.502 e. The zero-order valence-electron chi connectivity index (χ0n) is 9.85. The van der Waals surface area contributed by atoms with Crippen LogP contribution in [0.25, 0.3) is 0 Å². The van der Waals surface area contributed by atoms with Gasteiger partial charge < -0.3 is 10.8 Å². The van der Waals surface area contributed by atoms with Crippen LogP contribution in [0.5, 0.6) is 5.75 Å². The van der Waals surface area contributed by atoms with Crippen LogP contribution in [0.3, 0.4) is 0 Å². The van der Waals surface area contributed by atoms with Crippen molar-refractivity contribution in [3.05, 3.63) is 32.3 Å². The summed E-state index contributed by atoms with van der Waals surface area (Å²) in [4.78, 5) is 9.84. The molecule has 0 unspecified atom stereocenters. The topological polar surface area (TPSA) is 89.4 Å². The number of hydrogen-bond acceptors (Lipinski definition) is 4. The minimum absolute atomic E-state index is 0. The molecule has 0 heterocycles. The molecule has 0 spiro atoms. The van der Waals surface area contributed by atoms with Crippen molar-refractivity contribution in [2.45, 2.75) is 25.1 Å². The Hall–Kier alpha value is -1.06. The number of rotatable bonds is 4. The van der Waals surface area contributed by atoms with Crippen molar-refractivity contribution in [2.24, 2.45) is 5.73 Å². The van der Waals surface area contributed by atoms with Crippen molar-refractivity contribution in [3.8, 4) is 5.75 Å². The van der Waals surface area contributed by atoms with E-state index in [9.17, 15) is 28.4 Å². The lowest BCUT2D eigenvalue weighted by molar-refractivity contribution is -0.386. The summed E-state index contributed by atoms with van der Waals surface area (Å²) in [6.07, 6.45) is -5.97. The molecule has 10 heteroatoms. The number of benzene rings is 1. The normalized spacial score (nSPS) is 12.7. The number of nitro groups is 1. The van der Waals surface area contributed by atoms with Crippen molar-refractivity contribution >= 4 is 34.0 Å². The third-order valence-electron chi connectivity index (χ3n) is 2.42. The van der Waals surface area contributed by atoms with Crippen LogP contribution in [0.1, 0.15) is 24.4 Å². The molecule has 0 saturated carbocycles. The van der Waals surface area contributed by atoms with Gasteiger partial charge in [-0.15, -0.1) is 12.4 Å². The fraction of sp³-hybridized carbons (Fsp3) is 0.400. The predicted octanol–water partition coefficient (Wildman–Crippen LogP) is 3.83. The van der Waals surface area contributed by atoms with Crippen LogP contribution in [0.2, 0.25) is 0 Å². The smallest absolute Gasteiger partial charge is 0.389 e. The fourth-order valence-electron chi connectivity index (χ4n) is 1.50. The summed E-state index contributed by atoms with van der Waals surface area (Å²) in [5.74, 6) is -0.706. The van der Waals surface area contributed by atoms with Crippen molar-refractivity contribution in [2.75, 3.05) is 0 Å². The number of phenols is 1. The lowest BCUT2D eigenvalue weighted by Gasteiger charge is -2.15. The van der Waals surface area contributed by atoms with Gasteiger partial charge >= 0.3 is 11.9 Å². The average molecular weight is 380 g/mol. The van der Waals surface area contributed by atoms with Crippen molar-refractivity contribution in [3.63, 3.8) is 0 Å². The number of halogens is 5. The number of nitro benzene ring substituents is 1. The molecule has 3 N–H and O–H groups in total. The molecule has 20 heavy (non-hydrogen) atoms.